The van der Waals surface area contributed by atoms with Gasteiger partial charge in [-0.25, -0.2) is 0 Å². The molecule has 104 valence electrons. The van der Waals surface area contributed by atoms with Crippen molar-refractivity contribution in [1.82, 2.24) is 0 Å². The molecule has 0 radical (unpaired) electrons. The van der Waals surface area contributed by atoms with E-state index in [9.17, 15) is 14.7 Å². The first-order chi connectivity index (χ1) is 9.56. The van der Waals surface area contributed by atoms with Crippen LogP contribution >= 0.6 is 15.9 Å². The van der Waals surface area contributed by atoms with E-state index < -0.39 is 17.8 Å². The van der Waals surface area contributed by atoms with Gasteiger partial charge in [-0.1, -0.05) is 34.1 Å². The third kappa shape index (κ3) is 2.26. The number of carboxylic acids is 1. The second kappa shape index (κ2) is 5.05. The fourth-order valence-corrected chi connectivity index (χ4v) is 3.71. The highest BCUT2D eigenvalue weighted by Crippen LogP contribution is 2.48. The van der Waals surface area contributed by atoms with Crippen molar-refractivity contribution in [2.75, 3.05) is 5.32 Å². The van der Waals surface area contributed by atoms with Gasteiger partial charge >= 0.3 is 5.97 Å². The Hall–Kier alpha value is -1.62. The van der Waals surface area contributed by atoms with Crippen molar-refractivity contribution in [3.63, 3.8) is 0 Å². The molecule has 0 aliphatic heterocycles. The SMILES string of the molecule is O=C(Nc1cccc(Br)c1)[C@H]1[C@H](C(=O)O)[C@H]2C=C[C@@H]1C2. The molecule has 1 aromatic rings. The summed E-state index contributed by atoms with van der Waals surface area (Å²) in [6.07, 6.45) is 4.69. The van der Waals surface area contributed by atoms with Crippen LogP contribution in [0.5, 0.6) is 0 Å². The number of hydrogen-bond acceptors (Lipinski definition) is 2. The minimum Gasteiger partial charge on any atom is -0.481 e. The summed E-state index contributed by atoms with van der Waals surface area (Å²) in [6, 6.07) is 7.29. The fourth-order valence-electron chi connectivity index (χ4n) is 3.31. The molecule has 1 saturated carbocycles. The number of allylic oxidation sites excluding steroid dienone is 2. The van der Waals surface area contributed by atoms with Crippen molar-refractivity contribution in [2.45, 2.75) is 6.42 Å². The molecule has 0 saturated heterocycles. The van der Waals surface area contributed by atoms with Crippen LogP contribution < -0.4 is 5.32 Å². The van der Waals surface area contributed by atoms with Crippen LogP contribution in [0.25, 0.3) is 0 Å². The van der Waals surface area contributed by atoms with E-state index in [0.717, 1.165) is 10.9 Å². The fraction of sp³-hybridized carbons (Fsp3) is 0.333. The summed E-state index contributed by atoms with van der Waals surface area (Å²) in [4.78, 5) is 23.8. The standard InChI is InChI=1S/C15H14BrNO3/c16-10-2-1-3-11(7-10)17-14(18)12-8-4-5-9(6-8)13(12)15(19)20/h1-5,7-9,12-13H,6H2,(H,17,18)(H,19,20)/t8-,9+,12-,13-/m1/s1. The molecule has 3 rings (SSSR count). The highest BCUT2D eigenvalue weighted by Gasteiger charge is 2.51. The summed E-state index contributed by atoms with van der Waals surface area (Å²) in [6.45, 7) is 0. The smallest absolute Gasteiger partial charge is 0.307 e. The summed E-state index contributed by atoms with van der Waals surface area (Å²) in [5, 5.41) is 12.2. The molecule has 2 bridgehead atoms. The number of anilines is 1. The van der Waals surface area contributed by atoms with Crippen molar-refractivity contribution in [1.29, 1.82) is 0 Å². The molecule has 0 unspecified atom stereocenters. The summed E-state index contributed by atoms with van der Waals surface area (Å²) >= 11 is 3.35. The lowest BCUT2D eigenvalue weighted by atomic mass is 9.82. The monoisotopic (exact) mass is 335 g/mol. The third-order valence-electron chi connectivity index (χ3n) is 4.14. The Labute approximate surface area is 125 Å². The number of carboxylic acid groups (broad SMARTS) is 1. The van der Waals surface area contributed by atoms with Crippen LogP contribution in [-0.2, 0) is 9.59 Å². The molecule has 1 amide bonds. The van der Waals surface area contributed by atoms with Gasteiger partial charge in [0.1, 0.15) is 0 Å². The predicted octanol–water partition coefficient (Wildman–Crippen LogP) is 2.91. The van der Waals surface area contributed by atoms with Crippen LogP contribution in [0.3, 0.4) is 0 Å². The van der Waals surface area contributed by atoms with Crippen LogP contribution in [0.15, 0.2) is 40.9 Å². The Kier molecular flexibility index (Phi) is 3.38. The van der Waals surface area contributed by atoms with Gasteiger partial charge < -0.3 is 10.4 Å². The molecule has 0 spiro atoms. The lowest BCUT2D eigenvalue weighted by Gasteiger charge is -2.23. The number of halogens is 1. The zero-order valence-corrected chi connectivity index (χ0v) is 12.2. The molecule has 20 heavy (non-hydrogen) atoms. The number of carbonyl (C=O) groups is 2. The van der Waals surface area contributed by atoms with E-state index >= 15 is 0 Å². The van der Waals surface area contributed by atoms with Gasteiger partial charge in [0.15, 0.2) is 0 Å². The van der Waals surface area contributed by atoms with Crippen molar-refractivity contribution >= 4 is 33.5 Å². The Bertz CT molecular complexity index is 599. The topological polar surface area (TPSA) is 66.4 Å². The van der Waals surface area contributed by atoms with Crippen molar-refractivity contribution < 1.29 is 14.7 Å². The number of hydrogen-bond donors (Lipinski definition) is 2. The average molecular weight is 336 g/mol. The molecule has 2 N–H and O–H groups in total. The van der Waals surface area contributed by atoms with Crippen molar-refractivity contribution in [3.05, 3.63) is 40.9 Å². The molecule has 2 aliphatic carbocycles. The van der Waals surface area contributed by atoms with E-state index in [4.69, 9.17) is 0 Å². The van der Waals surface area contributed by atoms with E-state index in [0.29, 0.717) is 5.69 Å². The molecule has 4 atom stereocenters. The van der Waals surface area contributed by atoms with E-state index in [-0.39, 0.29) is 17.7 Å². The van der Waals surface area contributed by atoms with Gasteiger partial charge in [0, 0.05) is 10.2 Å². The predicted molar refractivity (Wildman–Crippen MR) is 78.1 cm³/mol. The molecular formula is C15H14BrNO3. The number of fused-ring (bicyclic) bond motifs is 2. The second-order valence-corrected chi connectivity index (χ2v) is 6.25. The van der Waals surface area contributed by atoms with Gasteiger partial charge in [0.05, 0.1) is 11.8 Å². The minimum atomic E-state index is -0.878. The lowest BCUT2D eigenvalue weighted by Crippen LogP contribution is -2.36. The van der Waals surface area contributed by atoms with Crippen LogP contribution in [0, 0.1) is 23.7 Å². The molecular weight excluding hydrogens is 322 g/mol. The van der Waals surface area contributed by atoms with Crippen LogP contribution in [-0.4, -0.2) is 17.0 Å². The summed E-state index contributed by atoms with van der Waals surface area (Å²) < 4.78 is 0.873. The van der Waals surface area contributed by atoms with Gasteiger partial charge in [-0.3, -0.25) is 9.59 Å². The average Bonchev–Trinajstić information content (AvgIpc) is 2.98. The maximum atomic E-state index is 12.4. The third-order valence-corrected chi connectivity index (χ3v) is 4.63. The molecule has 0 aromatic heterocycles. The first-order valence-electron chi connectivity index (χ1n) is 6.54. The maximum Gasteiger partial charge on any atom is 0.307 e. The summed E-state index contributed by atoms with van der Waals surface area (Å²) in [5.74, 6) is -2.11. The normalized spacial score (nSPS) is 30.4. The number of rotatable bonds is 3. The largest absolute Gasteiger partial charge is 0.481 e. The lowest BCUT2D eigenvalue weighted by molar-refractivity contribution is -0.146. The van der Waals surface area contributed by atoms with Gasteiger partial charge in [-0.2, -0.15) is 0 Å². The van der Waals surface area contributed by atoms with Crippen LogP contribution in [0.1, 0.15) is 6.42 Å². The van der Waals surface area contributed by atoms with E-state index in [2.05, 4.69) is 21.2 Å². The zero-order valence-electron chi connectivity index (χ0n) is 10.6. The van der Waals surface area contributed by atoms with Gasteiger partial charge in [-0.05, 0) is 36.5 Å². The molecule has 0 heterocycles. The Balaban J connectivity index is 1.80. The minimum absolute atomic E-state index is 0.00393. The Morgan fingerprint density at radius 1 is 1.20 bits per heavy atom. The summed E-state index contributed by atoms with van der Waals surface area (Å²) in [5.41, 5.74) is 0.681. The number of carbonyl (C=O) groups excluding carboxylic acids is 1. The highest BCUT2D eigenvalue weighted by atomic mass is 79.9. The van der Waals surface area contributed by atoms with Gasteiger partial charge in [0.2, 0.25) is 5.91 Å². The molecule has 2 aliphatic rings. The quantitative estimate of drug-likeness (QED) is 0.834. The Morgan fingerprint density at radius 3 is 2.55 bits per heavy atom. The van der Waals surface area contributed by atoms with E-state index in [1.54, 1.807) is 12.1 Å². The van der Waals surface area contributed by atoms with Crippen molar-refractivity contribution in [2.24, 2.45) is 23.7 Å². The zero-order chi connectivity index (χ0) is 14.3. The molecule has 1 fully saturated rings. The van der Waals surface area contributed by atoms with Gasteiger partial charge in [0.25, 0.3) is 0 Å². The van der Waals surface area contributed by atoms with Crippen LogP contribution in [0.4, 0.5) is 5.69 Å². The van der Waals surface area contributed by atoms with E-state index in [1.165, 1.54) is 0 Å². The van der Waals surface area contributed by atoms with Crippen molar-refractivity contribution in [3.8, 4) is 0 Å². The summed E-state index contributed by atoms with van der Waals surface area (Å²) in [7, 11) is 0. The number of benzene rings is 1. The molecule has 1 aromatic carbocycles. The molecule has 4 nitrogen and oxygen atoms in total. The first kappa shape index (κ1) is 13.4. The number of amides is 1. The maximum absolute atomic E-state index is 12.4. The Morgan fingerprint density at radius 2 is 1.90 bits per heavy atom. The highest BCUT2D eigenvalue weighted by molar-refractivity contribution is 9.10. The number of nitrogens with one attached hydrogen (secondary N) is 1. The van der Waals surface area contributed by atoms with Crippen LogP contribution in [0.2, 0.25) is 0 Å². The first-order valence-corrected chi connectivity index (χ1v) is 7.33. The van der Waals surface area contributed by atoms with Gasteiger partial charge in [-0.15, -0.1) is 0 Å². The molecule has 5 heteroatoms. The van der Waals surface area contributed by atoms with E-state index in [1.807, 2.05) is 24.3 Å². The number of aliphatic carboxylic acids is 1. The second-order valence-electron chi connectivity index (χ2n) is 5.34.